The normalized spacial score (nSPS) is 10.9. The largest absolute Gasteiger partial charge is 0.344 e. The van der Waals surface area contributed by atoms with Gasteiger partial charge in [-0.15, -0.1) is 0 Å². The number of nitrogens with zero attached hydrogens (tertiary/aromatic N) is 3. The number of aryl methyl sites for hydroxylation is 1. The molecule has 0 fully saturated rings. The van der Waals surface area contributed by atoms with Gasteiger partial charge in [0.25, 0.3) is 0 Å². The third-order valence-electron chi connectivity index (χ3n) is 4.78. The molecule has 8 nitrogen and oxygen atoms in total. The fourth-order valence-electron chi connectivity index (χ4n) is 3.01. The molecule has 34 heavy (non-hydrogen) atoms. The minimum Gasteiger partial charge on any atom is -0.344 e. The van der Waals surface area contributed by atoms with Crippen LogP contribution in [0, 0.1) is 40.9 Å². The molecule has 0 amide bonds. The first-order valence-electron chi connectivity index (χ1n) is 9.62. The van der Waals surface area contributed by atoms with E-state index in [1.165, 1.54) is 24.3 Å². The summed E-state index contributed by atoms with van der Waals surface area (Å²) in [6.45, 7) is 1.79. The Morgan fingerprint density at radius 2 is 1.26 bits per heavy atom. The molecular formula is C24H16N4O4S2. The number of nitrogens with one attached hydrogen (secondary N) is 1. The molecule has 0 saturated carbocycles. The summed E-state index contributed by atoms with van der Waals surface area (Å²) in [6, 6.07) is 21.6. The minimum atomic E-state index is -4.16. The lowest BCUT2D eigenvalue weighted by atomic mass is 10.2. The van der Waals surface area contributed by atoms with Crippen molar-refractivity contribution in [1.29, 1.82) is 15.8 Å². The van der Waals surface area contributed by atoms with Crippen LogP contribution in [0.4, 0.5) is 5.69 Å². The van der Waals surface area contributed by atoms with E-state index in [2.05, 4.69) is 5.32 Å². The Labute approximate surface area is 197 Å². The van der Waals surface area contributed by atoms with Gasteiger partial charge < -0.3 is 5.32 Å². The van der Waals surface area contributed by atoms with Crippen molar-refractivity contribution in [2.45, 2.75) is 26.5 Å². The molecule has 0 atom stereocenters. The molecule has 0 spiro atoms. The van der Waals surface area contributed by atoms with Crippen molar-refractivity contribution in [3.8, 4) is 18.2 Å². The number of rotatable bonds is 6. The Morgan fingerprint density at radius 1 is 0.706 bits per heavy atom. The third-order valence-corrected chi connectivity index (χ3v) is 8.38. The average molecular weight is 489 g/mol. The molecule has 0 aliphatic rings. The van der Waals surface area contributed by atoms with Crippen LogP contribution < -0.4 is 5.32 Å². The number of nitriles is 3. The highest BCUT2D eigenvalue weighted by Gasteiger charge is 2.26. The number of sulfone groups is 2. The molecule has 3 aromatic carbocycles. The number of hydrogen-bond acceptors (Lipinski definition) is 8. The Morgan fingerprint density at radius 3 is 1.82 bits per heavy atom. The van der Waals surface area contributed by atoms with Crippen LogP contribution in [0.25, 0.3) is 0 Å². The molecule has 1 N–H and O–H groups in total. The van der Waals surface area contributed by atoms with E-state index in [0.29, 0.717) is 0 Å². The highest BCUT2D eigenvalue weighted by molar-refractivity contribution is 7.92. The van der Waals surface area contributed by atoms with E-state index in [-0.39, 0.29) is 25.3 Å². The zero-order valence-corrected chi connectivity index (χ0v) is 19.4. The molecule has 0 radical (unpaired) electrons. The molecule has 0 heterocycles. The average Bonchev–Trinajstić information content (AvgIpc) is 2.84. The maximum absolute atomic E-state index is 13.4. The summed E-state index contributed by atoms with van der Waals surface area (Å²) in [5.41, 5.74) is -0.529. The maximum atomic E-state index is 13.4. The third kappa shape index (κ3) is 4.67. The summed E-state index contributed by atoms with van der Waals surface area (Å²) < 4.78 is 52.9. The summed E-state index contributed by atoms with van der Waals surface area (Å²) in [5, 5.41) is 30.2. The van der Waals surface area contributed by atoms with Gasteiger partial charge in [-0.05, 0) is 49.4 Å². The molecule has 0 aromatic heterocycles. The standard InChI is InChI=1S/C24H16N4O4S2/c1-17-7-9-20(10-8-17)34(31,32)24-12-11-21(33(29,30)19-5-3-2-4-6-19)13-22(24)28-23(16-27)18(14-25)15-26/h2-13,28H,1H3. The van der Waals surface area contributed by atoms with Gasteiger partial charge in [-0.3, -0.25) is 0 Å². The molecule has 0 aliphatic carbocycles. The van der Waals surface area contributed by atoms with Crippen LogP contribution in [0.15, 0.2) is 104 Å². The van der Waals surface area contributed by atoms with Crippen LogP contribution in [-0.2, 0) is 19.7 Å². The molecule has 3 aromatic rings. The number of hydrogen-bond donors (Lipinski definition) is 1. The first-order valence-corrected chi connectivity index (χ1v) is 12.6. The van der Waals surface area contributed by atoms with Gasteiger partial charge in [-0.1, -0.05) is 35.9 Å². The van der Waals surface area contributed by atoms with Gasteiger partial charge in [0.05, 0.1) is 25.3 Å². The SMILES string of the molecule is Cc1ccc(S(=O)(=O)c2ccc(S(=O)(=O)c3ccccc3)cc2NC(C#N)=C(C#N)C#N)cc1. The molecule has 0 bridgehead atoms. The van der Waals surface area contributed by atoms with Gasteiger partial charge in [0.2, 0.25) is 19.7 Å². The molecule has 3 rings (SSSR count). The smallest absolute Gasteiger partial charge is 0.208 e. The Bertz CT molecular complexity index is 1610. The second-order valence-corrected chi connectivity index (χ2v) is 10.9. The van der Waals surface area contributed by atoms with Crippen molar-refractivity contribution < 1.29 is 16.8 Å². The van der Waals surface area contributed by atoms with E-state index < -0.39 is 30.9 Å². The first-order chi connectivity index (χ1) is 16.1. The Hall–Kier alpha value is -4.43. The zero-order valence-electron chi connectivity index (χ0n) is 17.7. The van der Waals surface area contributed by atoms with Gasteiger partial charge in [0, 0.05) is 0 Å². The topological polar surface area (TPSA) is 152 Å². The Kier molecular flexibility index (Phi) is 6.84. The number of allylic oxidation sites excluding steroid dienone is 2. The van der Waals surface area contributed by atoms with Crippen molar-refractivity contribution >= 4 is 25.4 Å². The quantitative estimate of drug-likeness (QED) is 0.513. The number of benzene rings is 3. The highest BCUT2D eigenvalue weighted by Crippen LogP contribution is 2.33. The van der Waals surface area contributed by atoms with Crippen molar-refractivity contribution in [1.82, 2.24) is 0 Å². The van der Waals surface area contributed by atoms with Gasteiger partial charge in [-0.25, -0.2) is 16.8 Å². The lowest BCUT2D eigenvalue weighted by Crippen LogP contribution is -2.11. The van der Waals surface area contributed by atoms with E-state index in [0.717, 1.165) is 23.8 Å². The molecule has 10 heteroatoms. The first kappa shape index (κ1) is 24.2. The van der Waals surface area contributed by atoms with Gasteiger partial charge in [-0.2, -0.15) is 15.8 Å². The van der Waals surface area contributed by atoms with Gasteiger partial charge in [0.1, 0.15) is 23.9 Å². The van der Waals surface area contributed by atoms with E-state index in [1.54, 1.807) is 55.5 Å². The van der Waals surface area contributed by atoms with Gasteiger partial charge >= 0.3 is 0 Å². The van der Waals surface area contributed by atoms with Crippen LogP contribution in [0.5, 0.6) is 0 Å². The van der Waals surface area contributed by atoms with Crippen LogP contribution in [0.2, 0.25) is 0 Å². The van der Waals surface area contributed by atoms with Gasteiger partial charge in [0.15, 0.2) is 5.57 Å². The summed E-state index contributed by atoms with van der Waals surface area (Å²) in [4.78, 5) is -0.632. The molecule has 0 aliphatic heterocycles. The molecular weight excluding hydrogens is 472 g/mol. The van der Waals surface area contributed by atoms with Crippen LogP contribution in [0.3, 0.4) is 0 Å². The van der Waals surface area contributed by atoms with E-state index in [1.807, 2.05) is 0 Å². The van der Waals surface area contributed by atoms with Crippen molar-refractivity contribution in [3.63, 3.8) is 0 Å². The van der Waals surface area contributed by atoms with E-state index in [9.17, 15) is 22.1 Å². The molecule has 168 valence electrons. The predicted molar refractivity (Wildman–Crippen MR) is 122 cm³/mol. The van der Waals surface area contributed by atoms with E-state index >= 15 is 0 Å². The maximum Gasteiger partial charge on any atom is 0.208 e. The van der Waals surface area contributed by atoms with E-state index in [4.69, 9.17) is 10.5 Å². The fourth-order valence-corrected chi connectivity index (χ4v) is 5.71. The predicted octanol–water partition coefficient (Wildman–Crippen LogP) is 3.90. The molecule has 0 saturated heterocycles. The van der Waals surface area contributed by atoms with Crippen molar-refractivity contribution in [2.24, 2.45) is 0 Å². The monoisotopic (exact) mass is 488 g/mol. The highest BCUT2D eigenvalue weighted by atomic mass is 32.2. The summed E-state index contributed by atoms with van der Waals surface area (Å²) in [5.74, 6) is 0. The minimum absolute atomic E-state index is 0.0131. The summed E-state index contributed by atoms with van der Waals surface area (Å²) in [7, 11) is -8.19. The van der Waals surface area contributed by atoms with Crippen LogP contribution in [-0.4, -0.2) is 16.8 Å². The van der Waals surface area contributed by atoms with Crippen LogP contribution >= 0.6 is 0 Å². The second-order valence-electron chi connectivity index (χ2n) is 7.00. The Balaban J connectivity index is 2.28. The summed E-state index contributed by atoms with van der Waals surface area (Å²) in [6.07, 6.45) is 0. The van der Waals surface area contributed by atoms with Crippen LogP contribution in [0.1, 0.15) is 5.56 Å². The number of anilines is 1. The summed E-state index contributed by atoms with van der Waals surface area (Å²) >= 11 is 0. The fraction of sp³-hybridized carbons (Fsp3) is 0.0417. The van der Waals surface area contributed by atoms with Crippen molar-refractivity contribution in [2.75, 3.05) is 5.32 Å². The van der Waals surface area contributed by atoms with Crippen molar-refractivity contribution in [3.05, 3.63) is 89.6 Å². The molecule has 0 unspecified atom stereocenters. The second kappa shape index (κ2) is 9.60. The lowest BCUT2D eigenvalue weighted by molar-refractivity contribution is 0.592. The zero-order chi connectivity index (χ0) is 24.9. The lowest BCUT2D eigenvalue weighted by Gasteiger charge is -2.15.